The van der Waals surface area contributed by atoms with Crippen molar-refractivity contribution < 1.29 is 4.79 Å². The van der Waals surface area contributed by atoms with Crippen LogP contribution in [0.2, 0.25) is 0 Å². The van der Waals surface area contributed by atoms with E-state index in [1.807, 2.05) is 30.3 Å². The van der Waals surface area contributed by atoms with E-state index in [-0.39, 0.29) is 17.7 Å². The highest BCUT2D eigenvalue weighted by Gasteiger charge is 2.31. The summed E-state index contributed by atoms with van der Waals surface area (Å²) in [5, 5.41) is 0. The molecule has 1 fully saturated rings. The van der Waals surface area contributed by atoms with E-state index in [9.17, 15) is 4.79 Å². The maximum absolute atomic E-state index is 12.5. The van der Waals surface area contributed by atoms with Crippen LogP contribution in [-0.4, -0.2) is 11.8 Å². The average Bonchev–Trinajstić information content (AvgIpc) is 2.37. The summed E-state index contributed by atoms with van der Waals surface area (Å²) in [6.07, 6.45) is 3.95. The number of benzene rings is 1. The number of carbonyl (C=O) groups is 1. The number of nitrogens with two attached hydrogens (primary N) is 1. The van der Waals surface area contributed by atoms with Gasteiger partial charge in [-0.3, -0.25) is 4.79 Å². The third-order valence-corrected chi connectivity index (χ3v) is 4.24. The van der Waals surface area contributed by atoms with Crippen molar-refractivity contribution in [2.24, 2.45) is 23.5 Å². The van der Waals surface area contributed by atoms with Crippen molar-refractivity contribution in [2.45, 2.75) is 45.6 Å². The molecular weight excluding hydrogens is 234 g/mol. The van der Waals surface area contributed by atoms with Crippen LogP contribution in [0.3, 0.4) is 0 Å². The predicted molar refractivity (Wildman–Crippen MR) is 78.8 cm³/mol. The van der Waals surface area contributed by atoms with Crippen molar-refractivity contribution in [3.63, 3.8) is 0 Å². The Morgan fingerprint density at radius 1 is 1.16 bits per heavy atom. The molecule has 1 aliphatic rings. The number of ketones is 1. The summed E-state index contributed by atoms with van der Waals surface area (Å²) in [7, 11) is 0. The van der Waals surface area contributed by atoms with E-state index < -0.39 is 0 Å². The minimum atomic E-state index is -0.343. The molecule has 0 bridgehead atoms. The normalized spacial score (nSPS) is 28.9. The number of rotatable bonds is 4. The van der Waals surface area contributed by atoms with Crippen molar-refractivity contribution in [3.8, 4) is 0 Å². The van der Waals surface area contributed by atoms with Crippen molar-refractivity contribution in [1.82, 2.24) is 0 Å². The largest absolute Gasteiger partial charge is 0.321 e. The number of Topliss-reactive ketones (excluding diaryl/α,β-unsaturated/α-hetero) is 1. The molecular formula is C17H25NO. The Labute approximate surface area is 116 Å². The number of hydrogen-bond donors (Lipinski definition) is 1. The van der Waals surface area contributed by atoms with Gasteiger partial charge in [-0.1, -0.05) is 44.2 Å². The lowest BCUT2D eigenvalue weighted by atomic mass is 9.73. The van der Waals surface area contributed by atoms with Crippen LogP contribution < -0.4 is 5.73 Å². The molecule has 0 aliphatic heterocycles. The van der Waals surface area contributed by atoms with Crippen molar-refractivity contribution >= 4 is 5.78 Å². The van der Waals surface area contributed by atoms with Gasteiger partial charge >= 0.3 is 0 Å². The molecule has 2 rings (SSSR count). The van der Waals surface area contributed by atoms with Crippen LogP contribution in [0.1, 0.15) is 38.7 Å². The summed E-state index contributed by atoms with van der Waals surface area (Å²) in [4.78, 5) is 12.5. The molecule has 0 heterocycles. The Bertz CT molecular complexity index is 405. The quantitative estimate of drug-likeness (QED) is 0.902. The second-order valence-corrected chi connectivity index (χ2v) is 6.31. The summed E-state index contributed by atoms with van der Waals surface area (Å²) >= 11 is 0. The third-order valence-electron chi connectivity index (χ3n) is 4.24. The monoisotopic (exact) mass is 259 g/mol. The van der Waals surface area contributed by atoms with Gasteiger partial charge in [0, 0.05) is 5.92 Å². The highest BCUT2D eigenvalue weighted by atomic mass is 16.1. The Balaban J connectivity index is 1.95. The van der Waals surface area contributed by atoms with Gasteiger partial charge in [0.25, 0.3) is 0 Å². The second-order valence-electron chi connectivity index (χ2n) is 6.31. The van der Waals surface area contributed by atoms with Gasteiger partial charge in [-0.25, -0.2) is 0 Å². The second kappa shape index (κ2) is 6.33. The zero-order valence-corrected chi connectivity index (χ0v) is 12.0. The van der Waals surface area contributed by atoms with Crippen LogP contribution in [0, 0.1) is 17.8 Å². The van der Waals surface area contributed by atoms with Gasteiger partial charge in [0.1, 0.15) is 0 Å². The smallest absolute Gasteiger partial charge is 0.152 e. The lowest BCUT2D eigenvalue weighted by Gasteiger charge is -2.31. The van der Waals surface area contributed by atoms with E-state index in [1.165, 1.54) is 6.42 Å². The van der Waals surface area contributed by atoms with E-state index >= 15 is 0 Å². The summed E-state index contributed by atoms with van der Waals surface area (Å²) in [5.41, 5.74) is 7.27. The topological polar surface area (TPSA) is 43.1 Å². The Morgan fingerprint density at radius 3 is 2.32 bits per heavy atom. The van der Waals surface area contributed by atoms with E-state index in [4.69, 9.17) is 5.73 Å². The van der Waals surface area contributed by atoms with E-state index in [0.717, 1.165) is 18.4 Å². The molecule has 19 heavy (non-hydrogen) atoms. The lowest BCUT2D eigenvalue weighted by Crippen LogP contribution is -2.40. The maximum Gasteiger partial charge on any atom is 0.152 e. The fraction of sp³-hybridized carbons (Fsp3) is 0.588. The van der Waals surface area contributed by atoms with Gasteiger partial charge < -0.3 is 5.73 Å². The molecule has 2 N–H and O–H groups in total. The molecule has 3 unspecified atom stereocenters. The first-order chi connectivity index (χ1) is 9.06. The first-order valence-electron chi connectivity index (χ1n) is 7.39. The van der Waals surface area contributed by atoms with Gasteiger partial charge in [0.15, 0.2) is 5.78 Å². The van der Waals surface area contributed by atoms with Crippen LogP contribution in [-0.2, 0) is 11.2 Å². The SMILES string of the molecule is CC1CC(C)CC(C(=O)C(N)Cc2ccccc2)C1. The molecule has 0 amide bonds. The molecule has 104 valence electrons. The molecule has 0 saturated heterocycles. The van der Waals surface area contributed by atoms with Gasteiger partial charge in [0.2, 0.25) is 0 Å². The number of hydrogen-bond acceptors (Lipinski definition) is 2. The standard InChI is InChI=1S/C17H25NO/c1-12-8-13(2)10-15(9-12)17(19)16(18)11-14-6-4-3-5-7-14/h3-7,12-13,15-16H,8-11,18H2,1-2H3. The minimum absolute atomic E-state index is 0.178. The van der Waals surface area contributed by atoms with Crippen LogP contribution in [0.15, 0.2) is 30.3 Å². The summed E-state index contributed by atoms with van der Waals surface area (Å²) in [6.45, 7) is 4.50. The average molecular weight is 259 g/mol. The van der Waals surface area contributed by atoms with Gasteiger partial charge in [0.05, 0.1) is 6.04 Å². The molecule has 0 aromatic heterocycles. The minimum Gasteiger partial charge on any atom is -0.321 e. The molecule has 1 aromatic carbocycles. The molecule has 3 atom stereocenters. The fourth-order valence-corrected chi connectivity index (χ4v) is 3.45. The zero-order valence-electron chi connectivity index (χ0n) is 12.0. The molecule has 1 aromatic rings. The van der Waals surface area contributed by atoms with Gasteiger partial charge in [-0.2, -0.15) is 0 Å². The fourth-order valence-electron chi connectivity index (χ4n) is 3.45. The molecule has 0 radical (unpaired) electrons. The number of carbonyl (C=O) groups excluding carboxylic acids is 1. The molecule has 2 heteroatoms. The molecule has 1 aliphatic carbocycles. The summed E-state index contributed by atoms with van der Waals surface area (Å²) in [6, 6.07) is 9.72. The van der Waals surface area contributed by atoms with Crippen LogP contribution in [0.5, 0.6) is 0 Å². The highest BCUT2D eigenvalue weighted by molar-refractivity contribution is 5.86. The first kappa shape index (κ1) is 14.3. The van der Waals surface area contributed by atoms with Crippen LogP contribution >= 0.6 is 0 Å². The predicted octanol–water partition coefficient (Wildman–Crippen LogP) is 3.20. The summed E-state index contributed by atoms with van der Waals surface area (Å²) in [5.74, 6) is 1.75. The Morgan fingerprint density at radius 2 is 1.74 bits per heavy atom. The highest BCUT2D eigenvalue weighted by Crippen LogP contribution is 2.33. The van der Waals surface area contributed by atoms with Crippen molar-refractivity contribution in [2.75, 3.05) is 0 Å². The molecule has 2 nitrogen and oxygen atoms in total. The summed E-state index contributed by atoms with van der Waals surface area (Å²) < 4.78 is 0. The van der Waals surface area contributed by atoms with Crippen LogP contribution in [0.4, 0.5) is 0 Å². The Kier molecular flexibility index (Phi) is 4.76. The molecule has 1 saturated carbocycles. The van der Waals surface area contributed by atoms with Crippen molar-refractivity contribution in [1.29, 1.82) is 0 Å². The van der Waals surface area contributed by atoms with Gasteiger partial charge in [-0.15, -0.1) is 0 Å². The zero-order chi connectivity index (χ0) is 13.8. The third kappa shape index (κ3) is 3.90. The van der Waals surface area contributed by atoms with E-state index in [2.05, 4.69) is 13.8 Å². The van der Waals surface area contributed by atoms with Crippen molar-refractivity contribution in [3.05, 3.63) is 35.9 Å². The van der Waals surface area contributed by atoms with E-state index in [0.29, 0.717) is 18.3 Å². The maximum atomic E-state index is 12.5. The van der Waals surface area contributed by atoms with Gasteiger partial charge in [-0.05, 0) is 43.1 Å². The van der Waals surface area contributed by atoms with E-state index in [1.54, 1.807) is 0 Å². The molecule has 0 spiro atoms. The Hall–Kier alpha value is -1.15. The first-order valence-corrected chi connectivity index (χ1v) is 7.39. The van der Waals surface area contributed by atoms with Crippen LogP contribution in [0.25, 0.3) is 0 Å². The lowest BCUT2D eigenvalue weighted by molar-refractivity contribution is -0.126.